The molecule has 1 atom stereocenters. The average Bonchev–Trinajstić information content (AvgIpc) is 2.61. The normalized spacial score (nSPS) is 12.3. The van der Waals surface area contributed by atoms with Gasteiger partial charge in [-0.2, -0.15) is 0 Å². The highest BCUT2D eigenvalue weighted by Gasteiger charge is 2.34. The van der Waals surface area contributed by atoms with Crippen molar-refractivity contribution in [2.75, 3.05) is 7.05 Å². The third-order valence-corrected chi connectivity index (χ3v) is 4.29. The number of carbonyl (C=O) groups excluding carboxylic acids is 2. The number of carbonyl (C=O) groups is 2. The number of nitrogens with zero attached hydrogens (tertiary/aromatic N) is 1. The van der Waals surface area contributed by atoms with Crippen LogP contribution in [0.15, 0.2) is 48.5 Å². The topological polar surface area (TPSA) is 71.1 Å². The molecule has 0 saturated carbocycles. The number of rotatable bonds is 5. The molecule has 1 unspecified atom stereocenters. The molecule has 24 heavy (non-hydrogen) atoms. The van der Waals surface area contributed by atoms with Crippen molar-refractivity contribution in [3.63, 3.8) is 0 Å². The summed E-state index contributed by atoms with van der Waals surface area (Å²) in [5, 5.41) is 5.49. The second-order valence-electron chi connectivity index (χ2n) is 6.27. The van der Waals surface area contributed by atoms with Gasteiger partial charge in [0.15, 0.2) is 0 Å². The van der Waals surface area contributed by atoms with Gasteiger partial charge in [-0.3, -0.25) is 9.59 Å². The van der Waals surface area contributed by atoms with Gasteiger partial charge in [-0.1, -0.05) is 36.4 Å². The number of benzene rings is 1. The van der Waals surface area contributed by atoms with Crippen LogP contribution in [0.2, 0.25) is 0 Å². The van der Waals surface area contributed by atoms with E-state index in [0.29, 0.717) is 5.69 Å². The lowest BCUT2D eigenvalue weighted by Gasteiger charge is -2.30. The van der Waals surface area contributed by atoms with Crippen LogP contribution in [0.25, 0.3) is 11.3 Å². The summed E-state index contributed by atoms with van der Waals surface area (Å²) in [6.07, 6.45) is 0. The highest BCUT2D eigenvalue weighted by molar-refractivity contribution is 5.93. The van der Waals surface area contributed by atoms with Crippen molar-refractivity contribution in [2.45, 2.75) is 26.8 Å². The largest absolute Gasteiger partial charge is 0.359 e. The Morgan fingerprint density at radius 2 is 1.71 bits per heavy atom. The molecule has 2 aromatic rings. The molecule has 2 amide bonds. The van der Waals surface area contributed by atoms with E-state index in [1.807, 2.05) is 43.3 Å². The minimum Gasteiger partial charge on any atom is -0.359 e. The average molecular weight is 325 g/mol. The predicted octanol–water partition coefficient (Wildman–Crippen LogP) is 2.64. The molecule has 0 radical (unpaired) electrons. The Morgan fingerprint density at radius 3 is 2.33 bits per heavy atom. The second-order valence-corrected chi connectivity index (χ2v) is 6.27. The molecule has 0 bridgehead atoms. The lowest BCUT2D eigenvalue weighted by atomic mass is 9.84. The minimum absolute atomic E-state index is 0.124. The van der Waals surface area contributed by atoms with Gasteiger partial charge in [0.2, 0.25) is 5.91 Å². The van der Waals surface area contributed by atoms with E-state index < -0.39 is 5.41 Å². The fourth-order valence-electron chi connectivity index (χ4n) is 2.30. The summed E-state index contributed by atoms with van der Waals surface area (Å²) in [7, 11) is 1.59. The molecule has 1 aromatic carbocycles. The molecule has 0 spiro atoms. The summed E-state index contributed by atoms with van der Waals surface area (Å²) in [4.78, 5) is 28.9. The quantitative estimate of drug-likeness (QED) is 0.888. The van der Waals surface area contributed by atoms with Crippen molar-refractivity contribution in [1.82, 2.24) is 15.6 Å². The van der Waals surface area contributed by atoms with E-state index in [-0.39, 0.29) is 17.9 Å². The molecule has 1 aromatic heterocycles. The fourth-order valence-corrected chi connectivity index (χ4v) is 2.30. The maximum atomic E-state index is 12.5. The van der Waals surface area contributed by atoms with Crippen molar-refractivity contribution in [3.05, 3.63) is 54.2 Å². The highest BCUT2D eigenvalue weighted by atomic mass is 16.2. The Hall–Kier alpha value is -2.69. The van der Waals surface area contributed by atoms with Crippen molar-refractivity contribution >= 4 is 11.8 Å². The van der Waals surface area contributed by atoms with Crippen molar-refractivity contribution in [1.29, 1.82) is 0 Å². The molecule has 0 saturated heterocycles. The van der Waals surface area contributed by atoms with Crippen molar-refractivity contribution in [2.24, 2.45) is 5.41 Å². The Bertz CT molecular complexity index is 726. The zero-order valence-electron chi connectivity index (χ0n) is 14.5. The van der Waals surface area contributed by atoms with Crippen LogP contribution in [-0.2, 0) is 4.79 Å². The summed E-state index contributed by atoms with van der Waals surface area (Å²) in [6, 6.07) is 14.7. The van der Waals surface area contributed by atoms with Crippen molar-refractivity contribution in [3.8, 4) is 11.3 Å². The first-order valence-electron chi connectivity index (χ1n) is 7.91. The van der Waals surface area contributed by atoms with E-state index in [9.17, 15) is 9.59 Å². The van der Waals surface area contributed by atoms with Gasteiger partial charge in [0.1, 0.15) is 5.69 Å². The van der Waals surface area contributed by atoms with Gasteiger partial charge in [0, 0.05) is 18.7 Å². The first-order chi connectivity index (χ1) is 11.4. The summed E-state index contributed by atoms with van der Waals surface area (Å²) < 4.78 is 0. The Balaban J connectivity index is 2.18. The monoisotopic (exact) mass is 325 g/mol. The van der Waals surface area contributed by atoms with Gasteiger partial charge < -0.3 is 10.6 Å². The molecule has 5 nitrogen and oxygen atoms in total. The number of hydrogen-bond acceptors (Lipinski definition) is 3. The van der Waals surface area contributed by atoms with Crippen LogP contribution in [0, 0.1) is 5.41 Å². The van der Waals surface area contributed by atoms with E-state index in [4.69, 9.17) is 0 Å². The van der Waals surface area contributed by atoms with E-state index >= 15 is 0 Å². The van der Waals surface area contributed by atoms with Gasteiger partial charge in [-0.15, -0.1) is 0 Å². The SMILES string of the molecule is CNC(=O)C(C)(C)C(C)NC(=O)c1cccc(-c2ccccc2)n1. The number of hydrogen-bond donors (Lipinski definition) is 2. The van der Waals surface area contributed by atoms with Gasteiger partial charge in [0.05, 0.1) is 11.1 Å². The lowest BCUT2D eigenvalue weighted by Crippen LogP contribution is -2.50. The van der Waals surface area contributed by atoms with Crippen LogP contribution in [0.5, 0.6) is 0 Å². The van der Waals surface area contributed by atoms with E-state index in [1.54, 1.807) is 33.0 Å². The zero-order valence-corrected chi connectivity index (χ0v) is 14.5. The zero-order chi connectivity index (χ0) is 17.7. The van der Waals surface area contributed by atoms with Crippen LogP contribution in [0.3, 0.4) is 0 Å². The maximum absolute atomic E-state index is 12.5. The van der Waals surface area contributed by atoms with Crippen LogP contribution in [0.1, 0.15) is 31.3 Å². The molecule has 2 N–H and O–H groups in total. The van der Waals surface area contributed by atoms with Crippen molar-refractivity contribution < 1.29 is 9.59 Å². The standard InChI is InChI=1S/C19H23N3O2/c1-13(19(2,3)18(24)20-4)21-17(23)16-12-8-11-15(22-16)14-9-6-5-7-10-14/h5-13H,1-4H3,(H,20,24)(H,21,23). The smallest absolute Gasteiger partial charge is 0.270 e. The van der Waals surface area contributed by atoms with E-state index in [0.717, 1.165) is 11.3 Å². The third kappa shape index (κ3) is 3.79. The first-order valence-corrected chi connectivity index (χ1v) is 7.91. The Morgan fingerprint density at radius 1 is 1.04 bits per heavy atom. The molecule has 126 valence electrons. The van der Waals surface area contributed by atoms with Crippen LogP contribution in [0.4, 0.5) is 0 Å². The molecular weight excluding hydrogens is 302 g/mol. The van der Waals surface area contributed by atoms with Gasteiger partial charge in [-0.25, -0.2) is 4.98 Å². The third-order valence-electron chi connectivity index (χ3n) is 4.29. The van der Waals surface area contributed by atoms with E-state index in [2.05, 4.69) is 15.6 Å². The van der Waals surface area contributed by atoms with Crippen LogP contribution in [-0.4, -0.2) is 29.9 Å². The Kier molecular flexibility index (Phi) is 5.34. The maximum Gasteiger partial charge on any atom is 0.270 e. The van der Waals surface area contributed by atoms with Gasteiger partial charge in [0.25, 0.3) is 5.91 Å². The molecule has 0 aliphatic rings. The molecule has 1 heterocycles. The molecule has 5 heteroatoms. The number of nitrogens with one attached hydrogen (secondary N) is 2. The highest BCUT2D eigenvalue weighted by Crippen LogP contribution is 2.21. The molecule has 2 rings (SSSR count). The lowest BCUT2D eigenvalue weighted by molar-refractivity contribution is -0.129. The van der Waals surface area contributed by atoms with Gasteiger partial charge >= 0.3 is 0 Å². The first kappa shape index (κ1) is 17.7. The summed E-state index contributed by atoms with van der Waals surface area (Å²) in [5.41, 5.74) is 1.30. The van der Waals surface area contributed by atoms with Crippen LogP contribution >= 0.6 is 0 Å². The Labute approximate surface area is 142 Å². The molecule has 0 fully saturated rings. The minimum atomic E-state index is -0.721. The predicted molar refractivity (Wildman–Crippen MR) is 94.4 cm³/mol. The molecule has 0 aliphatic carbocycles. The van der Waals surface area contributed by atoms with Gasteiger partial charge in [-0.05, 0) is 32.9 Å². The number of pyridine rings is 1. The summed E-state index contributed by atoms with van der Waals surface area (Å²) in [5.74, 6) is -0.418. The van der Waals surface area contributed by atoms with Crippen LogP contribution < -0.4 is 10.6 Å². The second kappa shape index (κ2) is 7.25. The summed E-state index contributed by atoms with van der Waals surface area (Å²) in [6.45, 7) is 5.41. The number of amides is 2. The number of aromatic nitrogens is 1. The fraction of sp³-hybridized carbons (Fsp3) is 0.316. The summed E-state index contributed by atoms with van der Waals surface area (Å²) >= 11 is 0. The molecule has 0 aliphatic heterocycles. The van der Waals surface area contributed by atoms with E-state index in [1.165, 1.54) is 0 Å². The molecular formula is C19H23N3O2.